The number of aromatic nitrogens is 2. The minimum absolute atomic E-state index is 0.231. The Morgan fingerprint density at radius 3 is 2.35 bits per heavy atom. The molecule has 0 fully saturated rings. The number of anilines is 1. The van der Waals surface area contributed by atoms with E-state index in [2.05, 4.69) is 15.3 Å². The quantitative estimate of drug-likeness (QED) is 0.735. The predicted octanol–water partition coefficient (Wildman–Crippen LogP) is 1.22. The Morgan fingerprint density at radius 2 is 1.76 bits per heavy atom. The number of rotatable bonds is 4. The Bertz CT molecular complexity index is 467. The molecule has 0 radical (unpaired) electrons. The highest BCUT2D eigenvalue weighted by molar-refractivity contribution is 5.57. The Morgan fingerprint density at radius 1 is 1.12 bits per heavy atom. The van der Waals surface area contributed by atoms with Crippen molar-refractivity contribution in [2.75, 3.05) is 18.4 Å². The van der Waals surface area contributed by atoms with Crippen molar-refractivity contribution in [2.24, 2.45) is 5.73 Å². The molecule has 88 valence electrons. The number of phenolic OH excluding ortho intramolecular Hbond substituents is 1. The molecule has 2 aromatic rings. The van der Waals surface area contributed by atoms with E-state index >= 15 is 0 Å². The molecular weight excluding hydrogens is 216 g/mol. The Kier molecular flexibility index (Phi) is 3.52. The van der Waals surface area contributed by atoms with Crippen molar-refractivity contribution in [1.82, 2.24) is 9.97 Å². The van der Waals surface area contributed by atoms with E-state index < -0.39 is 0 Å². The lowest BCUT2D eigenvalue weighted by molar-refractivity contribution is 0.475. The summed E-state index contributed by atoms with van der Waals surface area (Å²) in [5.41, 5.74) is 7.10. The summed E-state index contributed by atoms with van der Waals surface area (Å²) in [6.07, 6.45) is 3.43. The van der Waals surface area contributed by atoms with Crippen molar-refractivity contribution in [3.8, 4) is 17.1 Å². The normalized spacial score (nSPS) is 10.2. The number of nitrogens with one attached hydrogen (secondary N) is 1. The fourth-order valence-corrected chi connectivity index (χ4v) is 1.40. The van der Waals surface area contributed by atoms with Crippen molar-refractivity contribution in [1.29, 1.82) is 0 Å². The summed E-state index contributed by atoms with van der Waals surface area (Å²) in [7, 11) is 0. The van der Waals surface area contributed by atoms with E-state index in [-0.39, 0.29) is 5.75 Å². The molecule has 4 N–H and O–H groups in total. The molecule has 17 heavy (non-hydrogen) atoms. The van der Waals surface area contributed by atoms with Gasteiger partial charge in [-0.15, -0.1) is 0 Å². The lowest BCUT2D eigenvalue weighted by atomic mass is 10.2. The van der Waals surface area contributed by atoms with Gasteiger partial charge in [0, 0.05) is 18.7 Å². The number of hydrogen-bond donors (Lipinski definition) is 3. The minimum Gasteiger partial charge on any atom is -0.508 e. The molecule has 0 amide bonds. The van der Waals surface area contributed by atoms with Crippen LogP contribution in [0, 0.1) is 0 Å². The Hall–Kier alpha value is -2.14. The smallest absolute Gasteiger partial charge is 0.159 e. The summed E-state index contributed by atoms with van der Waals surface area (Å²) in [5, 5.41) is 12.3. The molecule has 1 heterocycles. The monoisotopic (exact) mass is 230 g/mol. The zero-order valence-corrected chi connectivity index (χ0v) is 9.30. The third-order valence-corrected chi connectivity index (χ3v) is 2.25. The van der Waals surface area contributed by atoms with Crippen molar-refractivity contribution in [2.45, 2.75) is 0 Å². The molecule has 0 saturated carbocycles. The summed E-state index contributed by atoms with van der Waals surface area (Å²) in [6, 6.07) is 6.77. The number of nitrogens with zero attached hydrogens (tertiary/aromatic N) is 2. The molecule has 5 nitrogen and oxygen atoms in total. The molecule has 0 aliphatic rings. The fraction of sp³-hybridized carbons (Fsp3) is 0.167. The first-order valence-corrected chi connectivity index (χ1v) is 5.35. The minimum atomic E-state index is 0.231. The van der Waals surface area contributed by atoms with Gasteiger partial charge in [0.2, 0.25) is 0 Å². The Labute approximate surface area is 99.3 Å². The summed E-state index contributed by atoms with van der Waals surface area (Å²) in [5.74, 6) is 0.860. The maximum Gasteiger partial charge on any atom is 0.159 e. The molecule has 2 rings (SSSR count). The van der Waals surface area contributed by atoms with Gasteiger partial charge >= 0.3 is 0 Å². The van der Waals surface area contributed by atoms with Crippen molar-refractivity contribution >= 4 is 5.69 Å². The zero-order chi connectivity index (χ0) is 12.1. The van der Waals surface area contributed by atoms with E-state index in [0.717, 1.165) is 11.3 Å². The van der Waals surface area contributed by atoms with Crippen molar-refractivity contribution in [3.63, 3.8) is 0 Å². The number of phenols is 1. The summed E-state index contributed by atoms with van der Waals surface area (Å²) >= 11 is 0. The number of aromatic hydroxyl groups is 1. The van der Waals surface area contributed by atoms with Gasteiger partial charge in [-0.1, -0.05) is 0 Å². The largest absolute Gasteiger partial charge is 0.508 e. The first-order valence-electron chi connectivity index (χ1n) is 5.35. The predicted molar refractivity (Wildman–Crippen MR) is 66.7 cm³/mol. The van der Waals surface area contributed by atoms with Crippen LogP contribution >= 0.6 is 0 Å². The van der Waals surface area contributed by atoms with Gasteiger partial charge in [-0.3, -0.25) is 0 Å². The van der Waals surface area contributed by atoms with Crippen molar-refractivity contribution in [3.05, 3.63) is 36.7 Å². The lowest BCUT2D eigenvalue weighted by Crippen LogP contribution is -2.13. The summed E-state index contributed by atoms with van der Waals surface area (Å²) in [4.78, 5) is 8.47. The van der Waals surface area contributed by atoms with Crippen LogP contribution in [0.2, 0.25) is 0 Å². The highest BCUT2D eigenvalue weighted by Crippen LogP contribution is 2.18. The second kappa shape index (κ2) is 5.27. The maximum atomic E-state index is 9.18. The van der Waals surface area contributed by atoms with E-state index in [1.54, 1.807) is 36.7 Å². The van der Waals surface area contributed by atoms with Gasteiger partial charge in [0.05, 0.1) is 18.1 Å². The first-order chi connectivity index (χ1) is 8.29. The van der Waals surface area contributed by atoms with Crippen molar-refractivity contribution < 1.29 is 5.11 Å². The third-order valence-electron chi connectivity index (χ3n) is 2.25. The average Bonchev–Trinajstić information content (AvgIpc) is 2.38. The first kappa shape index (κ1) is 11.3. The molecule has 0 aliphatic heterocycles. The van der Waals surface area contributed by atoms with Crippen LogP contribution in [-0.2, 0) is 0 Å². The fourth-order valence-electron chi connectivity index (χ4n) is 1.40. The highest BCUT2D eigenvalue weighted by Gasteiger charge is 2.01. The molecule has 5 heteroatoms. The van der Waals surface area contributed by atoms with Crippen LogP contribution in [-0.4, -0.2) is 28.2 Å². The second-order valence-corrected chi connectivity index (χ2v) is 3.56. The number of hydrogen-bond acceptors (Lipinski definition) is 5. The number of benzene rings is 1. The molecule has 1 aromatic heterocycles. The van der Waals surface area contributed by atoms with Gasteiger partial charge in [-0.25, -0.2) is 9.97 Å². The molecular formula is C12H14N4O. The summed E-state index contributed by atoms with van der Waals surface area (Å²) < 4.78 is 0. The van der Waals surface area contributed by atoms with Crippen LogP contribution in [0.1, 0.15) is 0 Å². The summed E-state index contributed by atoms with van der Waals surface area (Å²) in [6.45, 7) is 1.27. The van der Waals surface area contributed by atoms with Crippen LogP contribution in [0.5, 0.6) is 5.75 Å². The second-order valence-electron chi connectivity index (χ2n) is 3.56. The van der Waals surface area contributed by atoms with Crippen LogP contribution in [0.25, 0.3) is 11.4 Å². The Balaban J connectivity index is 2.14. The lowest BCUT2D eigenvalue weighted by Gasteiger charge is -2.04. The van der Waals surface area contributed by atoms with Gasteiger partial charge in [0.25, 0.3) is 0 Å². The van der Waals surface area contributed by atoms with Gasteiger partial charge in [0.1, 0.15) is 5.75 Å². The highest BCUT2D eigenvalue weighted by atomic mass is 16.3. The third kappa shape index (κ3) is 2.92. The molecule has 1 aromatic carbocycles. The molecule has 0 spiro atoms. The van der Waals surface area contributed by atoms with Crippen LogP contribution in [0.3, 0.4) is 0 Å². The van der Waals surface area contributed by atoms with Gasteiger partial charge < -0.3 is 16.2 Å². The van der Waals surface area contributed by atoms with Crippen LogP contribution in [0.4, 0.5) is 5.69 Å². The number of nitrogens with two attached hydrogens (primary N) is 1. The SMILES string of the molecule is NCCNc1cnc(-c2ccc(O)cc2)nc1. The maximum absolute atomic E-state index is 9.18. The molecule has 0 atom stereocenters. The van der Waals surface area contributed by atoms with E-state index in [0.29, 0.717) is 18.9 Å². The van der Waals surface area contributed by atoms with Gasteiger partial charge in [-0.2, -0.15) is 0 Å². The standard InChI is InChI=1S/C12H14N4O/c13-5-6-14-10-7-15-12(16-8-10)9-1-3-11(17)4-2-9/h1-4,7-8,14,17H,5-6,13H2. The average molecular weight is 230 g/mol. The van der Waals surface area contributed by atoms with E-state index in [4.69, 9.17) is 5.73 Å². The molecule has 0 aliphatic carbocycles. The molecule has 0 bridgehead atoms. The van der Waals surface area contributed by atoms with E-state index in [1.807, 2.05) is 0 Å². The zero-order valence-electron chi connectivity index (χ0n) is 9.30. The van der Waals surface area contributed by atoms with Crippen LogP contribution < -0.4 is 11.1 Å². The van der Waals surface area contributed by atoms with E-state index in [9.17, 15) is 5.11 Å². The van der Waals surface area contributed by atoms with Gasteiger partial charge in [0.15, 0.2) is 5.82 Å². The molecule has 0 unspecified atom stereocenters. The van der Waals surface area contributed by atoms with Gasteiger partial charge in [-0.05, 0) is 24.3 Å². The molecule has 0 saturated heterocycles. The van der Waals surface area contributed by atoms with Crippen LogP contribution in [0.15, 0.2) is 36.7 Å². The van der Waals surface area contributed by atoms with E-state index in [1.165, 1.54) is 0 Å². The topological polar surface area (TPSA) is 84.1 Å².